The number of ether oxygens (including phenoxy) is 2. The molecule has 0 bridgehead atoms. The normalized spacial score (nSPS) is 9.64. The molecule has 0 aromatic heterocycles. The lowest BCUT2D eigenvalue weighted by Gasteiger charge is -2.11. The maximum Gasteiger partial charge on any atom is 0.180 e. The van der Waals surface area contributed by atoms with E-state index in [-0.39, 0.29) is 4.99 Å². The summed E-state index contributed by atoms with van der Waals surface area (Å²) in [5, 5.41) is 0.374. The molecule has 0 amide bonds. The van der Waals surface area contributed by atoms with E-state index < -0.39 is 0 Å². The molecule has 3 nitrogen and oxygen atoms in total. The lowest BCUT2D eigenvalue weighted by atomic mass is 10.2. The molecule has 2 N–H and O–H groups in total. The molecule has 5 heteroatoms. The molecule has 14 heavy (non-hydrogen) atoms. The van der Waals surface area contributed by atoms with Crippen LogP contribution in [0.4, 0.5) is 0 Å². The van der Waals surface area contributed by atoms with Gasteiger partial charge in [-0.05, 0) is 12.1 Å². The van der Waals surface area contributed by atoms with E-state index in [0.29, 0.717) is 22.1 Å². The van der Waals surface area contributed by atoms with Crippen LogP contribution >= 0.6 is 23.8 Å². The quantitative estimate of drug-likeness (QED) is 0.809. The van der Waals surface area contributed by atoms with Gasteiger partial charge in [0.25, 0.3) is 0 Å². The molecule has 0 radical (unpaired) electrons. The second-order valence-corrected chi connectivity index (χ2v) is 3.34. The van der Waals surface area contributed by atoms with E-state index >= 15 is 0 Å². The highest BCUT2D eigenvalue weighted by molar-refractivity contribution is 7.80. The van der Waals surface area contributed by atoms with Gasteiger partial charge in [-0.2, -0.15) is 0 Å². The molecule has 0 aliphatic heterocycles. The van der Waals surface area contributed by atoms with Gasteiger partial charge in [0.15, 0.2) is 11.5 Å². The highest BCUT2D eigenvalue weighted by atomic mass is 35.5. The Bertz CT molecular complexity index is 368. The van der Waals surface area contributed by atoms with Crippen molar-refractivity contribution in [3.63, 3.8) is 0 Å². The van der Waals surface area contributed by atoms with Gasteiger partial charge in [-0.25, -0.2) is 0 Å². The maximum absolute atomic E-state index is 6.02. The minimum Gasteiger partial charge on any atom is -0.493 e. The first kappa shape index (κ1) is 11.1. The van der Waals surface area contributed by atoms with Gasteiger partial charge < -0.3 is 15.2 Å². The average molecular weight is 232 g/mol. The first-order valence-electron chi connectivity index (χ1n) is 3.82. The van der Waals surface area contributed by atoms with Crippen molar-refractivity contribution < 1.29 is 9.47 Å². The Labute approximate surface area is 92.8 Å². The van der Waals surface area contributed by atoms with Crippen LogP contribution in [0.25, 0.3) is 0 Å². The standard InChI is InChI=1S/C9H10ClNO2S/c1-12-6-4-3-5(9(11)14)7(10)8(6)13-2/h3-4H,1-2H3,(H2,11,14). The third-order valence-electron chi connectivity index (χ3n) is 1.75. The topological polar surface area (TPSA) is 44.5 Å². The fraction of sp³-hybridized carbons (Fsp3) is 0.222. The Morgan fingerprint density at radius 1 is 1.36 bits per heavy atom. The molecule has 76 valence electrons. The van der Waals surface area contributed by atoms with Crippen molar-refractivity contribution in [3.05, 3.63) is 22.7 Å². The molecule has 1 rings (SSSR count). The van der Waals surface area contributed by atoms with E-state index in [1.807, 2.05) is 0 Å². The highest BCUT2D eigenvalue weighted by Gasteiger charge is 2.13. The summed E-state index contributed by atoms with van der Waals surface area (Å²) in [6, 6.07) is 3.41. The van der Waals surface area contributed by atoms with Crippen molar-refractivity contribution in [1.29, 1.82) is 0 Å². The van der Waals surface area contributed by atoms with Crippen LogP contribution < -0.4 is 15.2 Å². The molecule has 1 aromatic carbocycles. The molecule has 0 atom stereocenters. The van der Waals surface area contributed by atoms with Gasteiger partial charge in [-0.1, -0.05) is 23.8 Å². The van der Waals surface area contributed by atoms with Crippen LogP contribution in [0.2, 0.25) is 5.02 Å². The summed E-state index contributed by atoms with van der Waals surface area (Å²) in [4.78, 5) is 0.232. The number of halogens is 1. The second-order valence-electron chi connectivity index (χ2n) is 2.53. The summed E-state index contributed by atoms with van der Waals surface area (Å²) in [7, 11) is 3.04. The first-order valence-corrected chi connectivity index (χ1v) is 4.60. The smallest absolute Gasteiger partial charge is 0.180 e. The molecule has 1 aromatic rings. The largest absolute Gasteiger partial charge is 0.493 e. The van der Waals surface area contributed by atoms with Crippen LogP contribution in [0.3, 0.4) is 0 Å². The number of benzene rings is 1. The molecular weight excluding hydrogens is 222 g/mol. The SMILES string of the molecule is COc1ccc(C(N)=S)c(Cl)c1OC. The van der Waals surface area contributed by atoms with E-state index in [1.165, 1.54) is 14.2 Å². The zero-order chi connectivity index (χ0) is 10.7. The van der Waals surface area contributed by atoms with E-state index in [2.05, 4.69) is 0 Å². The molecular formula is C9H10ClNO2S. The molecule has 0 fully saturated rings. The monoisotopic (exact) mass is 231 g/mol. The van der Waals surface area contributed by atoms with E-state index in [9.17, 15) is 0 Å². The van der Waals surface area contributed by atoms with Crippen LogP contribution in [0.1, 0.15) is 5.56 Å². The van der Waals surface area contributed by atoms with E-state index in [1.54, 1.807) is 12.1 Å². The minimum atomic E-state index is 0.232. The summed E-state index contributed by atoms with van der Waals surface area (Å²) in [6.45, 7) is 0. The van der Waals surface area contributed by atoms with Crippen LogP contribution in [0.15, 0.2) is 12.1 Å². The summed E-state index contributed by atoms with van der Waals surface area (Å²) < 4.78 is 10.1. The van der Waals surface area contributed by atoms with Crippen molar-refractivity contribution in [2.75, 3.05) is 14.2 Å². The molecule has 0 unspecified atom stereocenters. The summed E-state index contributed by atoms with van der Waals surface area (Å²) in [6.07, 6.45) is 0. The van der Waals surface area contributed by atoms with Gasteiger partial charge in [0, 0.05) is 5.56 Å². The Morgan fingerprint density at radius 3 is 2.43 bits per heavy atom. The van der Waals surface area contributed by atoms with Crippen molar-refractivity contribution in [2.24, 2.45) is 5.73 Å². The molecule has 0 spiro atoms. The number of nitrogens with two attached hydrogens (primary N) is 1. The third-order valence-corrected chi connectivity index (χ3v) is 2.35. The predicted molar refractivity (Wildman–Crippen MR) is 60.4 cm³/mol. The van der Waals surface area contributed by atoms with Gasteiger partial charge in [0.05, 0.1) is 19.2 Å². The van der Waals surface area contributed by atoms with Crippen LogP contribution in [-0.2, 0) is 0 Å². The summed E-state index contributed by atoms with van der Waals surface area (Å²) in [5.41, 5.74) is 6.06. The molecule has 0 heterocycles. The molecule has 0 saturated carbocycles. The van der Waals surface area contributed by atoms with Crippen LogP contribution in [0, 0.1) is 0 Å². The van der Waals surface area contributed by atoms with Gasteiger partial charge in [0.2, 0.25) is 0 Å². The zero-order valence-electron chi connectivity index (χ0n) is 7.83. The summed E-state index contributed by atoms with van der Waals surface area (Å²) >= 11 is 10.8. The summed E-state index contributed by atoms with van der Waals surface area (Å²) in [5.74, 6) is 0.997. The fourth-order valence-electron chi connectivity index (χ4n) is 1.08. The average Bonchev–Trinajstić information content (AvgIpc) is 2.16. The van der Waals surface area contributed by atoms with Crippen molar-refractivity contribution in [1.82, 2.24) is 0 Å². The van der Waals surface area contributed by atoms with Gasteiger partial charge >= 0.3 is 0 Å². The van der Waals surface area contributed by atoms with Gasteiger partial charge in [-0.3, -0.25) is 0 Å². The third kappa shape index (κ3) is 1.91. The second kappa shape index (κ2) is 4.48. The Hall–Kier alpha value is -1.00. The van der Waals surface area contributed by atoms with E-state index in [0.717, 1.165) is 0 Å². The first-order chi connectivity index (χ1) is 6.61. The van der Waals surface area contributed by atoms with Crippen LogP contribution in [0.5, 0.6) is 11.5 Å². The van der Waals surface area contributed by atoms with Crippen molar-refractivity contribution >= 4 is 28.8 Å². The van der Waals surface area contributed by atoms with Gasteiger partial charge in [0.1, 0.15) is 4.99 Å². The Balaban J connectivity index is 3.34. The zero-order valence-corrected chi connectivity index (χ0v) is 9.41. The number of thiocarbonyl (C=S) groups is 1. The van der Waals surface area contributed by atoms with Crippen LogP contribution in [-0.4, -0.2) is 19.2 Å². The number of methoxy groups -OCH3 is 2. The molecule has 0 aliphatic rings. The highest BCUT2D eigenvalue weighted by Crippen LogP contribution is 2.37. The maximum atomic E-state index is 6.02. The fourth-order valence-corrected chi connectivity index (χ4v) is 1.64. The Kier molecular flexibility index (Phi) is 3.55. The number of hydrogen-bond acceptors (Lipinski definition) is 3. The van der Waals surface area contributed by atoms with Crippen molar-refractivity contribution in [2.45, 2.75) is 0 Å². The minimum absolute atomic E-state index is 0.232. The predicted octanol–water partition coefficient (Wildman–Crippen LogP) is 1.99. The van der Waals surface area contributed by atoms with Crippen molar-refractivity contribution in [3.8, 4) is 11.5 Å². The Morgan fingerprint density at radius 2 is 2.00 bits per heavy atom. The number of hydrogen-bond donors (Lipinski definition) is 1. The molecule has 0 aliphatic carbocycles. The lowest BCUT2D eigenvalue weighted by molar-refractivity contribution is 0.355. The lowest BCUT2D eigenvalue weighted by Crippen LogP contribution is -2.10. The van der Waals surface area contributed by atoms with E-state index in [4.69, 9.17) is 39.0 Å². The molecule has 0 saturated heterocycles. The van der Waals surface area contributed by atoms with Gasteiger partial charge in [-0.15, -0.1) is 0 Å². The number of rotatable bonds is 3.